The molecule has 5 heteroatoms. The molecule has 148 valence electrons. The summed E-state index contributed by atoms with van der Waals surface area (Å²) in [5.74, 6) is 1.23. The summed E-state index contributed by atoms with van der Waals surface area (Å²) in [5, 5.41) is 21.4. The van der Waals surface area contributed by atoms with E-state index in [4.69, 9.17) is 0 Å². The molecule has 2 bridgehead atoms. The average molecular weight is 383 g/mol. The van der Waals surface area contributed by atoms with Gasteiger partial charge in [0.2, 0.25) is 0 Å². The summed E-state index contributed by atoms with van der Waals surface area (Å²) in [5.41, 5.74) is -0.680. The topological polar surface area (TPSA) is 74.6 Å². The highest BCUT2D eigenvalue weighted by molar-refractivity contribution is 7.84. The Morgan fingerprint density at radius 3 is 2.46 bits per heavy atom. The van der Waals surface area contributed by atoms with Gasteiger partial charge in [0.25, 0.3) is 0 Å². The van der Waals surface area contributed by atoms with Crippen molar-refractivity contribution < 1.29 is 19.2 Å². The lowest BCUT2D eigenvalue weighted by atomic mass is 9.35. The number of carbonyl (C=O) groups is 1. The van der Waals surface area contributed by atoms with Crippen LogP contribution in [0, 0.1) is 39.9 Å². The molecule has 1 spiro atoms. The van der Waals surface area contributed by atoms with Crippen molar-refractivity contribution in [1.29, 1.82) is 0 Å². The molecule has 5 fully saturated rings. The van der Waals surface area contributed by atoms with E-state index in [0.717, 1.165) is 51.4 Å². The Balaban J connectivity index is 1.71. The molecular formula is C21H34O4S. The van der Waals surface area contributed by atoms with E-state index in [1.54, 1.807) is 6.26 Å². The van der Waals surface area contributed by atoms with Crippen LogP contribution in [0.15, 0.2) is 0 Å². The molecule has 5 aliphatic carbocycles. The number of aliphatic hydroxyl groups is 1. The van der Waals surface area contributed by atoms with Crippen molar-refractivity contribution in [2.45, 2.75) is 71.3 Å². The molecule has 0 aromatic carbocycles. The van der Waals surface area contributed by atoms with Gasteiger partial charge in [-0.1, -0.05) is 13.3 Å². The second-order valence-corrected chi connectivity index (χ2v) is 11.8. The van der Waals surface area contributed by atoms with Crippen LogP contribution in [0.1, 0.15) is 65.2 Å². The summed E-state index contributed by atoms with van der Waals surface area (Å²) >= 11 is 0. The Morgan fingerprint density at radius 2 is 1.81 bits per heavy atom. The third-order valence-corrected chi connectivity index (χ3v) is 10.3. The first-order valence-electron chi connectivity index (χ1n) is 10.4. The van der Waals surface area contributed by atoms with Crippen molar-refractivity contribution in [1.82, 2.24) is 0 Å². The number of carboxylic acid groups (broad SMARTS) is 1. The molecule has 2 N–H and O–H groups in total. The molecule has 1 unspecified atom stereocenters. The minimum Gasteiger partial charge on any atom is -0.481 e. The lowest BCUT2D eigenvalue weighted by Crippen LogP contribution is -2.67. The second-order valence-electron chi connectivity index (χ2n) is 10.3. The Kier molecular flexibility index (Phi) is 4.39. The van der Waals surface area contributed by atoms with Gasteiger partial charge in [-0.25, -0.2) is 0 Å². The van der Waals surface area contributed by atoms with Gasteiger partial charge in [0, 0.05) is 22.8 Å². The Labute approximate surface area is 159 Å². The molecule has 4 nitrogen and oxygen atoms in total. The van der Waals surface area contributed by atoms with Crippen LogP contribution in [-0.4, -0.2) is 38.5 Å². The van der Waals surface area contributed by atoms with Crippen LogP contribution in [0.25, 0.3) is 0 Å². The summed E-state index contributed by atoms with van der Waals surface area (Å²) in [6, 6.07) is 0. The van der Waals surface area contributed by atoms with Gasteiger partial charge in [0.1, 0.15) is 0 Å². The van der Waals surface area contributed by atoms with Crippen molar-refractivity contribution >= 4 is 16.8 Å². The Morgan fingerprint density at radius 1 is 1.12 bits per heavy atom. The highest BCUT2D eigenvalue weighted by Crippen LogP contribution is 2.72. The average Bonchev–Trinajstić information content (AvgIpc) is 2.57. The fourth-order valence-corrected chi connectivity index (χ4v) is 9.23. The molecule has 0 amide bonds. The van der Waals surface area contributed by atoms with Crippen molar-refractivity contribution in [2.24, 2.45) is 39.9 Å². The zero-order valence-electron chi connectivity index (χ0n) is 16.4. The Bertz CT molecular complexity index is 636. The maximum Gasteiger partial charge on any atom is 0.309 e. The second kappa shape index (κ2) is 6.04. The third-order valence-electron chi connectivity index (χ3n) is 9.40. The predicted octanol–water partition coefficient (Wildman–Crippen LogP) is 3.45. The molecule has 0 aromatic rings. The molecule has 0 radical (unpaired) electrons. The van der Waals surface area contributed by atoms with Crippen LogP contribution in [-0.2, 0) is 15.6 Å². The van der Waals surface area contributed by atoms with E-state index in [-0.39, 0.29) is 28.8 Å². The summed E-state index contributed by atoms with van der Waals surface area (Å²) in [6.45, 7) is 4.31. The van der Waals surface area contributed by atoms with E-state index in [9.17, 15) is 19.2 Å². The maximum absolute atomic E-state index is 12.1. The van der Waals surface area contributed by atoms with E-state index in [2.05, 4.69) is 6.92 Å². The summed E-state index contributed by atoms with van der Waals surface area (Å²) in [7, 11) is -0.876. The SMILES string of the molecule is C[S@](=O)C[C@H]1[C@@H]2CC[C@@]3(CC[C@@H]4[C@](C)(C(=O)O)CCC[C@@]4(C)C3C2)[C@@H]1O. The lowest BCUT2D eigenvalue weighted by Gasteiger charge is -2.69. The number of fused-ring (bicyclic) bond motifs is 3. The minimum atomic E-state index is -0.876. The van der Waals surface area contributed by atoms with Crippen LogP contribution in [0.3, 0.4) is 0 Å². The van der Waals surface area contributed by atoms with Gasteiger partial charge in [-0.15, -0.1) is 0 Å². The zero-order chi connectivity index (χ0) is 18.9. The highest BCUT2D eigenvalue weighted by Gasteiger charge is 2.68. The molecule has 9 atom stereocenters. The molecule has 5 rings (SSSR count). The largest absolute Gasteiger partial charge is 0.481 e. The molecule has 0 saturated heterocycles. The van der Waals surface area contributed by atoms with E-state index < -0.39 is 22.2 Å². The van der Waals surface area contributed by atoms with Gasteiger partial charge < -0.3 is 10.2 Å². The number of rotatable bonds is 3. The van der Waals surface area contributed by atoms with Crippen molar-refractivity contribution in [3.8, 4) is 0 Å². The number of aliphatic hydroxyl groups excluding tert-OH is 1. The van der Waals surface area contributed by atoms with Gasteiger partial charge in [-0.2, -0.15) is 0 Å². The van der Waals surface area contributed by atoms with Crippen LogP contribution >= 0.6 is 0 Å². The summed E-state index contributed by atoms with van der Waals surface area (Å²) in [4.78, 5) is 12.1. The van der Waals surface area contributed by atoms with Gasteiger partial charge in [0.15, 0.2) is 0 Å². The Hall–Kier alpha value is -0.420. The first-order valence-corrected chi connectivity index (χ1v) is 12.1. The van der Waals surface area contributed by atoms with Crippen LogP contribution in [0.5, 0.6) is 0 Å². The van der Waals surface area contributed by atoms with Gasteiger partial charge in [0.05, 0.1) is 11.5 Å². The van der Waals surface area contributed by atoms with Gasteiger partial charge >= 0.3 is 5.97 Å². The minimum absolute atomic E-state index is 0.0135. The van der Waals surface area contributed by atoms with Crippen LogP contribution in [0.2, 0.25) is 0 Å². The van der Waals surface area contributed by atoms with E-state index in [1.807, 2.05) is 6.92 Å². The zero-order valence-corrected chi connectivity index (χ0v) is 17.2. The summed E-state index contributed by atoms with van der Waals surface area (Å²) < 4.78 is 11.9. The van der Waals surface area contributed by atoms with Crippen molar-refractivity contribution in [3.63, 3.8) is 0 Å². The number of aliphatic carboxylic acids is 1. The summed E-state index contributed by atoms with van der Waals surface area (Å²) in [6.07, 6.45) is 9.42. The van der Waals surface area contributed by atoms with Crippen molar-refractivity contribution in [3.05, 3.63) is 0 Å². The molecular weight excluding hydrogens is 348 g/mol. The van der Waals surface area contributed by atoms with Gasteiger partial charge in [-0.3, -0.25) is 9.00 Å². The normalized spacial score (nSPS) is 54.2. The molecule has 0 aromatic heterocycles. The molecule has 5 saturated carbocycles. The standard InChI is InChI=1S/C21H34O4S/c1-19-7-4-8-20(2,18(23)24)15(19)6-10-21-9-5-13(11-16(19)21)14(17(21)22)12-26(3)25/h13-17,22H,4-12H2,1-3H3,(H,23,24)/t13-,14+,15+,16?,17-,19-,20-,21+,26+/m1/s1. The highest BCUT2D eigenvalue weighted by atomic mass is 32.2. The monoisotopic (exact) mass is 382 g/mol. The number of hydrogen-bond donors (Lipinski definition) is 2. The van der Waals surface area contributed by atoms with Crippen LogP contribution < -0.4 is 0 Å². The fraction of sp³-hybridized carbons (Fsp3) is 0.952. The third kappa shape index (κ3) is 2.35. The molecule has 0 heterocycles. The molecule has 5 aliphatic rings. The van der Waals surface area contributed by atoms with E-state index >= 15 is 0 Å². The maximum atomic E-state index is 12.1. The fourth-order valence-electron chi connectivity index (χ4n) is 8.23. The quantitative estimate of drug-likeness (QED) is 0.784. The van der Waals surface area contributed by atoms with Crippen LogP contribution in [0.4, 0.5) is 0 Å². The first kappa shape index (κ1) is 18.9. The molecule has 0 aliphatic heterocycles. The number of carboxylic acids is 1. The predicted molar refractivity (Wildman–Crippen MR) is 102 cm³/mol. The van der Waals surface area contributed by atoms with E-state index in [0.29, 0.717) is 17.6 Å². The van der Waals surface area contributed by atoms with Gasteiger partial charge in [-0.05, 0) is 86.4 Å². The van der Waals surface area contributed by atoms with Crippen molar-refractivity contribution in [2.75, 3.05) is 12.0 Å². The lowest BCUT2D eigenvalue weighted by molar-refractivity contribution is -0.241. The molecule has 26 heavy (non-hydrogen) atoms. The number of hydrogen-bond acceptors (Lipinski definition) is 3. The first-order chi connectivity index (χ1) is 12.1. The van der Waals surface area contributed by atoms with E-state index in [1.165, 1.54) is 0 Å². The smallest absolute Gasteiger partial charge is 0.309 e.